The molecule has 0 aliphatic carbocycles. The van der Waals surface area contributed by atoms with Gasteiger partial charge in [-0.05, 0) is 18.2 Å². The molecule has 0 radical (unpaired) electrons. The number of hydrogen-bond donors (Lipinski definition) is 3. The average molecular weight is 296 g/mol. The van der Waals surface area contributed by atoms with Gasteiger partial charge in [0.05, 0.1) is 14.2 Å². The highest BCUT2D eigenvalue weighted by Crippen LogP contribution is 2.29. The second-order valence-corrected chi connectivity index (χ2v) is 4.32. The molecule has 0 fully saturated rings. The van der Waals surface area contributed by atoms with Crippen LogP contribution in [0.3, 0.4) is 0 Å². The molecule has 1 atom stereocenters. The van der Waals surface area contributed by atoms with Crippen molar-refractivity contribution >= 4 is 11.9 Å². The number of benzene rings is 1. The van der Waals surface area contributed by atoms with Crippen molar-refractivity contribution in [3.63, 3.8) is 0 Å². The third-order valence-corrected chi connectivity index (χ3v) is 2.84. The Bertz CT molecular complexity index is 504. The lowest BCUT2D eigenvalue weighted by Crippen LogP contribution is -2.35. The molecule has 0 saturated heterocycles. The third-order valence-electron chi connectivity index (χ3n) is 2.84. The van der Waals surface area contributed by atoms with Crippen molar-refractivity contribution in [1.29, 1.82) is 0 Å². The van der Waals surface area contributed by atoms with E-state index in [1.807, 2.05) is 0 Å². The van der Waals surface area contributed by atoms with Crippen LogP contribution in [0.15, 0.2) is 18.2 Å². The van der Waals surface area contributed by atoms with Crippen LogP contribution in [-0.4, -0.2) is 44.3 Å². The summed E-state index contributed by atoms with van der Waals surface area (Å²) in [4.78, 5) is 22.2. The van der Waals surface area contributed by atoms with Gasteiger partial charge in [0.1, 0.15) is 17.5 Å². The standard InChI is InChI=1S/C14H20N2O5/c1-9(17)15-6-7-16-13(14(18)19)11-8-10(20-2)4-5-12(11)21-3/h4-5,8,13,16H,6-7H2,1-3H3,(H,15,17)(H,18,19). The molecule has 3 N–H and O–H groups in total. The predicted octanol–water partition coefficient (Wildman–Crippen LogP) is 0.555. The summed E-state index contributed by atoms with van der Waals surface area (Å²) in [7, 11) is 2.98. The van der Waals surface area contributed by atoms with Gasteiger partial charge in [-0.1, -0.05) is 0 Å². The first-order valence-electron chi connectivity index (χ1n) is 6.42. The van der Waals surface area contributed by atoms with Crippen molar-refractivity contribution in [2.45, 2.75) is 13.0 Å². The fourth-order valence-corrected chi connectivity index (χ4v) is 1.85. The van der Waals surface area contributed by atoms with Crippen molar-refractivity contribution in [2.24, 2.45) is 0 Å². The number of amides is 1. The topological polar surface area (TPSA) is 96.9 Å². The van der Waals surface area contributed by atoms with Gasteiger partial charge < -0.3 is 19.9 Å². The quantitative estimate of drug-likeness (QED) is 0.606. The Hall–Kier alpha value is -2.28. The van der Waals surface area contributed by atoms with E-state index in [1.165, 1.54) is 21.1 Å². The highest BCUT2D eigenvalue weighted by atomic mass is 16.5. The Morgan fingerprint density at radius 1 is 1.24 bits per heavy atom. The molecule has 21 heavy (non-hydrogen) atoms. The Labute approximate surface area is 123 Å². The van der Waals surface area contributed by atoms with Crippen molar-refractivity contribution in [3.8, 4) is 11.5 Å². The van der Waals surface area contributed by atoms with E-state index in [1.54, 1.807) is 18.2 Å². The molecule has 1 amide bonds. The monoisotopic (exact) mass is 296 g/mol. The van der Waals surface area contributed by atoms with Crippen LogP contribution in [0.4, 0.5) is 0 Å². The maximum absolute atomic E-state index is 11.4. The number of nitrogens with one attached hydrogen (secondary N) is 2. The normalized spacial score (nSPS) is 11.6. The number of carboxylic acids is 1. The van der Waals surface area contributed by atoms with Gasteiger partial charge >= 0.3 is 5.97 Å². The van der Waals surface area contributed by atoms with Crippen LogP contribution in [0.2, 0.25) is 0 Å². The van der Waals surface area contributed by atoms with Crippen LogP contribution in [0.25, 0.3) is 0 Å². The van der Waals surface area contributed by atoms with E-state index in [2.05, 4.69) is 10.6 Å². The fourth-order valence-electron chi connectivity index (χ4n) is 1.85. The highest BCUT2D eigenvalue weighted by Gasteiger charge is 2.23. The summed E-state index contributed by atoms with van der Waals surface area (Å²) in [6.07, 6.45) is 0. The molecule has 0 aliphatic rings. The van der Waals surface area contributed by atoms with E-state index in [4.69, 9.17) is 9.47 Å². The Morgan fingerprint density at radius 3 is 2.48 bits per heavy atom. The SMILES string of the molecule is COc1ccc(OC)c(C(NCCNC(C)=O)C(=O)O)c1. The van der Waals surface area contributed by atoms with E-state index in [0.717, 1.165) is 0 Å². The molecule has 1 aromatic rings. The first kappa shape index (κ1) is 16.8. The second-order valence-electron chi connectivity index (χ2n) is 4.32. The number of carbonyl (C=O) groups is 2. The maximum Gasteiger partial charge on any atom is 0.325 e. The zero-order valence-corrected chi connectivity index (χ0v) is 12.3. The van der Waals surface area contributed by atoms with Gasteiger partial charge in [-0.25, -0.2) is 0 Å². The van der Waals surface area contributed by atoms with Crippen LogP contribution in [0, 0.1) is 0 Å². The van der Waals surface area contributed by atoms with Crippen LogP contribution in [0.1, 0.15) is 18.5 Å². The van der Waals surface area contributed by atoms with E-state index < -0.39 is 12.0 Å². The molecular formula is C14H20N2O5. The van der Waals surface area contributed by atoms with Crippen LogP contribution >= 0.6 is 0 Å². The molecule has 0 bridgehead atoms. The fraction of sp³-hybridized carbons (Fsp3) is 0.429. The van der Waals surface area contributed by atoms with Gasteiger partial charge in [-0.3, -0.25) is 14.9 Å². The highest BCUT2D eigenvalue weighted by molar-refractivity contribution is 5.77. The zero-order valence-electron chi connectivity index (χ0n) is 12.3. The number of ether oxygens (including phenoxy) is 2. The van der Waals surface area contributed by atoms with Gasteiger partial charge in [0, 0.05) is 25.6 Å². The van der Waals surface area contributed by atoms with Crippen molar-refractivity contribution in [1.82, 2.24) is 10.6 Å². The number of methoxy groups -OCH3 is 2. The summed E-state index contributed by atoms with van der Waals surface area (Å²) in [6, 6.07) is 4.00. The Kier molecular flexibility index (Phi) is 6.48. The van der Waals surface area contributed by atoms with Gasteiger partial charge in [0.15, 0.2) is 0 Å². The number of carbonyl (C=O) groups excluding carboxylic acids is 1. The van der Waals surface area contributed by atoms with Crippen molar-refractivity contribution in [2.75, 3.05) is 27.3 Å². The summed E-state index contributed by atoms with van der Waals surface area (Å²) >= 11 is 0. The number of aliphatic carboxylic acids is 1. The molecule has 0 heterocycles. The summed E-state index contributed by atoms with van der Waals surface area (Å²) in [5, 5.41) is 14.8. The number of carboxylic acid groups (broad SMARTS) is 1. The summed E-state index contributed by atoms with van der Waals surface area (Å²) in [6.45, 7) is 2.06. The largest absolute Gasteiger partial charge is 0.497 e. The second kappa shape index (κ2) is 8.11. The van der Waals surface area contributed by atoms with E-state index >= 15 is 0 Å². The van der Waals surface area contributed by atoms with Gasteiger partial charge in [-0.2, -0.15) is 0 Å². The summed E-state index contributed by atoms with van der Waals surface area (Å²) < 4.78 is 10.3. The van der Waals surface area contributed by atoms with Crippen molar-refractivity contribution < 1.29 is 24.2 Å². The van der Waals surface area contributed by atoms with Gasteiger partial charge in [0.2, 0.25) is 5.91 Å². The van der Waals surface area contributed by atoms with E-state index in [-0.39, 0.29) is 5.91 Å². The van der Waals surface area contributed by atoms with E-state index in [9.17, 15) is 14.7 Å². The average Bonchev–Trinajstić information content (AvgIpc) is 2.46. The third kappa shape index (κ3) is 4.96. The molecule has 0 saturated carbocycles. The number of hydrogen-bond acceptors (Lipinski definition) is 5. The minimum atomic E-state index is -1.04. The molecule has 7 heteroatoms. The van der Waals surface area contributed by atoms with Crippen LogP contribution < -0.4 is 20.1 Å². The molecule has 116 valence electrons. The lowest BCUT2D eigenvalue weighted by Gasteiger charge is -2.18. The number of rotatable bonds is 8. The first-order chi connectivity index (χ1) is 9.99. The molecule has 0 aromatic heterocycles. The minimum absolute atomic E-state index is 0.164. The summed E-state index contributed by atoms with van der Waals surface area (Å²) in [5.41, 5.74) is 0.465. The van der Waals surface area contributed by atoms with Crippen LogP contribution in [0.5, 0.6) is 11.5 Å². The van der Waals surface area contributed by atoms with E-state index in [0.29, 0.717) is 30.2 Å². The van der Waals surface area contributed by atoms with Crippen molar-refractivity contribution in [3.05, 3.63) is 23.8 Å². The summed E-state index contributed by atoms with van der Waals surface area (Å²) in [5.74, 6) is -0.206. The molecule has 0 aliphatic heterocycles. The smallest absolute Gasteiger partial charge is 0.325 e. The first-order valence-corrected chi connectivity index (χ1v) is 6.42. The Morgan fingerprint density at radius 2 is 1.95 bits per heavy atom. The van der Waals surface area contributed by atoms with Crippen LogP contribution in [-0.2, 0) is 9.59 Å². The van der Waals surface area contributed by atoms with Gasteiger partial charge in [0.25, 0.3) is 0 Å². The molecular weight excluding hydrogens is 276 g/mol. The molecule has 7 nitrogen and oxygen atoms in total. The zero-order chi connectivity index (χ0) is 15.8. The minimum Gasteiger partial charge on any atom is -0.497 e. The predicted molar refractivity (Wildman–Crippen MR) is 76.6 cm³/mol. The maximum atomic E-state index is 11.4. The molecule has 1 unspecified atom stereocenters. The Balaban J connectivity index is 2.88. The lowest BCUT2D eigenvalue weighted by molar-refractivity contribution is -0.139. The van der Waals surface area contributed by atoms with Gasteiger partial charge in [-0.15, -0.1) is 0 Å². The molecule has 1 aromatic carbocycles. The lowest BCUT2D eigenvalue weighted by atomic mass is 10.1. The molecule has 0 spiro atoms. The molecule has 1 rings (SSSR count).